The number of nitrogens with zero attached hydrogens (tertiary/aromatic N) is 1. The van der Waals surface area contributed by atoms with E-state index in [-0.39, 0.29) is 0 Å². The van der Waals surface area contributed by atoms with E-state index in [9.17, 15) is 14.2 Å². The van der Waals surface area contributed by atoms with Gasteiger partial charge < -0.3 is 24.7 Å². The quantitative estimate of drug-likeness (QED) is 0.389. The fourth-order valence-corrected chi connectivity index (χ4v) is 4.04. The Hall–Kier alpha value is -1.37. The predicted octanol–water partition coefficient (Wildman–Crippen LogP) is 0.643. The van der Waals surface area contributed by atoms with Gasteiger partial charge in [-0.1, -0.05) is 30.3 Å². The molecule has 124 valence electrons. The molecule has 5 N–H and O–H groups in total. The third-order valence-corrected chi connectivity index (χ3v) is 7.04. The molecule has 0 radical (unpaired) electrons. The van der Waals surface area contributed by atoms with Crippen molar-refractivity contribution in [2.24, 2.45) is 0 Å². The van der Waals surface area contributed by atoms with E-state index in [1.807, 2.05) is 30.3 Å². The summed E-state index contributed by atoms with van der Waals surface area (Å²) >= 11 is 0. The van der Waals surface area contributed by atoms with Gasteiger partial charge in [-0.3, -0.25) is 9.13 Å². The summed E-state index contributed by atoms with van der Waals surface area (Å²) < 4.78 is 23.8. The zero-order valence-electron chi connectivity index (χ0n) is 11.8. The van der Waals surface area contributed by atoms with Crippen molar-refractivity contribution in [2.75, 3.05) is 0 Å². The van der Waals surface area contributed by atoms with Gasteiger partial charge in [0.1, 0.15) is 0 Å². The topological polar surface area (TPSA) is 139 Å². The second kappa shape index (κ2) is 6.26. The zero-order chi connectivity index (χ0) is 17.3. The summed E-state index contributed by atoms with van der Waals surface area (Å²) in [5.74, 6) is 0. The largest absolute Gasteiger partial charge is 0.376 e. The van der Waals surface area contributed by atoms with Crippen molar-refractivity contribution in [3.8, 4) is 11.1 Å². The van der Waals surface area contributed by atoms with Crippen LogP contribution in [0.15, 0.2) is 54.9 Å². The summed E-state index contributed by atoms with van der Waals surface area (Å²) in [6, 6.07) is 12.5. The maximum atomic E-state index is 11.3. The van der Waals surface area contributed by atoms with Crippen molar-refractivity contribution >= 4 is 15.2 Å². The fourth-order valence-electron chi connectivity index (χ4n) is 1.98. The highest BCUT2D eigenvalue weighted by Crippen LogP contribution is 2.67. The molecule has 8 nitrogen and oxygen atoms in total. The number of hydrogen-bond donors (Lipinski definition) is 5. The monoisotopic (exact) mass is 360 g/mol. The fraction of sp³-hybridized carbons (Fsp3) is 0.154. The van der Waals surface area contributed by atoms with Crippen LogP contribution in [0.3, 0.4) is 0 Å². The van der Waals surface area contributed by atoms with Crippen molar-refractivity contribution in [3.63, 3.8) is 0 Å². The molecule has 2 aromatic rings. The van der Waals surface area contributed by atoms with Gasteiger partial charge in [0.25, 0.3) is 0 Å². The average Bonchev–Trinajstić information content (AvgIpc) is 2.46. The van der Waals surface area contributed by atoms with Crippen LogP contribution in [0.4, 0.5) is 0 Å². The summed E-state index contributed by atoms with van der Waals surface area (Å²) in [6.45, 7) is -0.948. The molecule has 0 atom stereocenters. The van der Waals surface area contributed by atoms with Crippen LogP contribution in [-0.2, 0) is 15.7 Å². The van der Waals surface area contributed by atoms with E-state index in [1.54, 1.807) is 12.1 Å². The maximum Gasteiger partial charge on any atom is 0.376 e. The van der Waals surface area contributed by atoms with Crippen molar-refractivity contribution in [1.82, 2.24) is 0 Å². The lowest BCUT2D eigenvalue weighted by atomic mass is 10.1. The lowest BCUT2D eigenvalue weighted by Gasteiger charge is -2.26. The molecule has 0 aliphatic carbocycles. The summed E-state index contributed by atoms with van der Waals surface area (Å²) in [6.07, 6.45) is 2.75. The molecule has 0 saturated carbocycles. The zero-order valence-corrected chi connectivity index (χ0v) is 13.6. The van der Waals surface area contributed by atoms with Crippen molar-refractivity contribution in [3.05, 3.63) is 54.9 Å². The molecule has 10 heteroatoms. The highest BCUT2D eigenvalue weighted by molar-refractivity contribution is 7.72. The summed E-state index contributed by atoms with van der Waals surface area (Å²) in [4.78, 5) is 36.5. The molecule has 23 heavy (non-hydrogen) atoms. The van der Waals surface area contributed by atoms with E-state index >= 15 is 0 Å². The van der Waals surface area contributed by atoms with E-state index in [1.165, 1.54) is 12.4 Å². The van der Waals surface area contributed by atoms with E-state index in [0.29, 0.717) is 0 Å². The summed E-state index contributed by atoms with van der Waals surface area (Å²) in [5.41, 5.74) is 1.71. The van der Waals surface area contributed by atoms with Crippen LogP contribution in [0, 0.1) is 0 Å². The van der Waals surface area contributed by atoms with Gasteiger partial charge in [-0.2, -0.15) is 0 Å². The van der Waals surface area contributed by atoms with Crippen LogP contribution >= 0.6 is 15.2 Å². The van der Waals surface area contributed by atoms with Gasteiger partial charge in [0.15, 0.2) is 12.4 Å². The Morgan fingerprint density at radius 3 is 1.70 bits per heavy atom. The van der Waals surface area contributed by atoms with Gasteiger partial charge in [-0.05, 0) is 11.1 Å². The Labute approximate surface area is 132 Å². The first-order chi connectivity index (χ1) is 10.5. The molecule has 0 amide bonds. The van der Waals surface area contributed by atoms with Gasteiger partial charge in [0, 0.05) is 12.1 Å². The van der Waals surface area contributed by atoms with Crippen molar-refractivity contribution in [1.29, 1.82) is 0 Å². The van der Waals surface area contributed by atoms with Gasteiger partial charge in [-0.15, -0.1) is 0 Å². The van der Waals surface area contributed by atoms with Crippen LogP contribution in [0.1, 0.15) is 0 Å². The van der Waals surface area contributed by atoms with E-state index in [0.717, 1.165) is 15.7 Å². The molecule has 0 aliphatic heterocycles. The number of rotatable bonds is 5. The first kappa shape index (κ1) is 18.0. The number of aromatic nitrogens is 1. The Morgan fingerprint density at radius 1 is 0.826 bits per heavy atom. The Morgan fingerprint density at radius 2 is 1.26 bits per heavy atom. The third kappa shape index (κ3) is 3.76. The van der Waals surface area contributed by atoms with Gasteiger partial charge >= 0.3 is 20.3 Å². The minimum absolute atomic E-state index is 0.803. The number of benzene rings is 1. The van der Waals surface area contributed by atoms with Crippen molar-refractivity contribution < 1.29 is 38.4 Å². The molecule has 0 unspecified atom stereocenters. The molecule has 1 heterocycles. The lowest BCUT2D eigenvalue weighted by Crippen LogP contribution is -2.47. The number of aliphatic hydroxyl groups is 1. The molecule has 2 rings (SSSR count). The molecule has 1 aromatic carbocycles. The van der Waals surface area contributed by atoms with Gasteiger partial charge in [0.05, 0.1) is 0 Å². The Kier molecular flexibility index (Phi) is 4.89. The van der Waals surface area contributed by atoms with Gasteiger partial charge in [0.2, 0.25) is 6.54 Å². The van der Waals surface area contributed by atoms with Crippen LogP contribution in [0.2, 0.25) is 0 Å². The van der Waals surface area contributed by atoms with Crippen LogP contribution < -0.4 is 4.57 Å². The molecule has 0 spiro atoms. The first-order valence-corrected chi connectivity index (χ1v) is 9.65. The maximum absolute atomic E-state index is 11.3. The SMILES string of the molecule is O=P(O)(O)C(O)(C[n+]1ccc(-c2ccccc2)cc1)P(=O)(O)O. The Balaban J connectivity index is 2.33. The van der Waals surface area contributed by atoms with Gasteiger partial charge in [-0.25, -0.2) is 4.57 Å². The molecular formula is C13H16NO7P2+. The highest BCUT2D eigenvalue weighted by Gasteiger charge is 2.62. The van der Waals surface area contributed by atoms with Crippen LogP contribution in [-0.4, -0.2) is 29.8 Å². The minimum atomic E-state index is -5.47. The number of pyridine rings is 1. The summed E-state index contributed by atoms with van der Waals surface area (Å²) in [5, 5.41) is 6.40. The van der Waals surface area contributed by atoms with Crippen molar-refractivity contribution in [2.45, 2.75) is 11.6 Å². The normalized spacial score (nSPS) is 13.1. The van der Waals surface area contributed by atoms with Crippen LogP contribution in [0.25, 0.3) is 11.1 Å². The predicted molar refractivity (Wildman–Crippen MR) is 81.1 cm³/mol. The average molecular weight is 360 g/mol. The smallest absolute Gasteiger partial charge is 0.363 e. The highest BCUT2D eigenvalue weighted by atomic mass is 31.2. The molecule has 0 saturated heterocycles. The second-order valence-electron chi connectivity index (χ2n) is 4.99. The third-order valence-electron chi connectivity index (χ3n) is 3.33. The number of hydrogen-bond acceptors (Lipinski definition) is 3. The van der Waals surface area contributed by atoms with Crippen LogP contribution in [0.5, 0.6) is 0 Å². The lowest BCUT2D eigenvalue weighted by molar-refractivity contribution is -0.703. The Bertz CT molecular complexity index is 745. The van der Waals surface area contributed by atoms with E-state index in [4.69, 9.17) is 19.6 Å². The molecule has 1 aromatic heterocycles. The minimum Gasteiger partial charge on any atom is -0.363 e. The second-order valence-corrected chi connectivity index (χ2v) is 9.00. The standard InChI is InChI=1S/C13H15NO7P2/c15-13(22(16,17)18,23(19,20)21)10-14-8-6-12(7-9-14)11-4-2-1-3-5-11/h1-9,15H,10H2,(H3-,16,17,18,19,20,21)/p+1. The first-order valence-electron chi connectivity index (χ1n) is 6.43. The van der Waals surface area contributed by atoms with E-state index in [2.05, 4.69) is 0 Å². The summed E-state index contributed by atoms with van der Waals surface area (Å²) in [7, 11) is -10.9. The molecule has 0 bridgehead atoms. The van der Waals surface area contributed by atoms with E-state index < -0.39 is 26.8 Å². The molecule has 0 fully saturated rings. The molecular weight excluding hydrogens is 344 g/mol. The molecule has 0 aliphatic rings.